The van der Waals surface area contributed by atoms with Crippen LogP contribution in [0.5, 0.6) is 17.2 Å². The van der Waals surface area contributed by atoms with Crippen molar-refractivity contribution in [1.82, 2.24) is 0 Å². The lowest BCUT2D eigenvalue weighted by atomic mass is 10.2. The van der Waals surface area contributed by atoms with Gasteiger partial charge in [0, 0.05) is 4.47 Å². The second-order valence-corrected chi connectivity index (χ2v) is 5.13. The van der Waals surface area contributed by atoms with Crippen molar-refractivity contribution in [3.63, 3.8) is 0 Å². The van der Waals surface area contributed by atoms with Gasteiger partial charge in [0.2, 0.25) is 0 Å². The molecule has 0 aliphatic carbocycles. The van der Waals surface area contributed by atoms with Crippen LogP contribution in [0.4, 0.5) is 0 Å². The first-order valence-corrected chi connectivity index (χ1v) is 7.12. The van der Waals surface area contributed by atoms with E-state index in [0.717, 1.165) is 16.6 Å². The summed E-state index contributed by atoms with van der Waals surface area (Å²) in [5.41, 5.74) is 0.553. The van der Waals surface area contributed by atoms with Gasteiger partial charge >= 0.3 is 0 Å². The maximum absolute atomic E-state index is 8.93. The summed E-state index contributed by atoms with van der Waals surface area (Å²) in [6.45, 7) is 2.77. The van der Waals surface area contributed by atoms with Crippen molar-refractivity contribution in [3.8, 4) is 23.3 Å². The van der Waals surface area contributed by atoms with E-state index in [1.54, 1.807) is 12.1 Å². The van der Waals surface area contributed by atoms with Gasteiger partial charge in [-0.1, -0.05) is 22.9 Å². The predicted molar refractivity (Wildman–Crippen MR) is 81.2 cm³/mol. The van der Waals surface area contributed by atoms with E-state index in [2.05, 4.69) is 28.9 Å². The van der Waals surface area contributed by atoms with E-state index < -0.39 is 0 Å². The minimum absolute atomic E-state index is 0.553. The maximum atomic E-state index is 8.93. The quantitative estimate of drug-likeness (QED) is 0.782. The summed E-state index contributed by atoms with van der Waals surface area (Å²) in [4.78, 5) is 0. The SMILES string of the molecule is CCCOc1ccc(Oc2cc(Br)cc(C#N)c2)cc1. The fourth-order valence-corrected chi connectivity index (χ4v) is 2.12. The molecule has 4 heteroatoms. The van der Waals surface area contributed by atoms with Crippen LogP contribution < -0.4 is 9.47 Å². The molecule has 0 spiro atoms. The average Bonchev–Trinajstić information content (AvgIpc) is 2.46. The minimum atomic E-state index is 0.553. The van der Waals surface area contributed by atoms with Crippen molar-refractivity contribution in [2.75, 3.05) is 6.61 Å². The van der Waals surface area contributed by atoms with E-state index in [4.69, 9.17) is 14.7 Å². The molecular formula is C16H14BrNO2. The summed E-state index contributed by atoms with van der Waals surface area (Å²) in [5.74, 6) is 2.15. The van der Waals surface area contributed by atoms with Crippen molar-refractivity contribution < 1.29 is 9.47 Å². The van der Waals surface area contributed by atoms with Gasteiger partial charge in [-0.05, 0) is 48.9 Å². The summed E-state index contributed by atoms with van der Waals surface area (Å²) in [7, 11) is 0. The molecule has 3 nitrogen and oxygen atoms in total. The summed E-state index contributed by atoms with van der Waals surface area (Å²) in [5, 5.41) is 8.93. The molecule has 0 heterocycles. The van der Waals surface area contributed by atoms with Crippen molar-refractivity contribution in [2.45, 2.75) is 13.3 Å². The van der Waals surface area contributed by atoms with E-state index in [1.165, 1.54) is 0 Å². The topological polar surface area (TPSA) is 42.2 Å². The highest BCUT2D eigenvalue weighted by Gasteiger charge is 2.02. The maximum Gasteiger partial charge on any atom is 0.129 e. The van der Waals surface area contributed by atoms with Crippen LogP contribution in [-0.2, 0) is 0 Å². The van der Waals surface area contributed by atoms with Crippen LogP contribution in [0.1, 0.15) is 18.9 Å². The molecule has 0 aliphatic rings. The average molecular weight is 332 g/mol. The van der Waals surface area contributed by atoms with Gasteiger partial charge in [0.15, 0.2) is 0 Å². The Morgan fingerprint density at radius 3 is 2.40 bits per heavy atom. The number of ether oxygens (including phenoxy) is 2. The fraction of sp³-hybridized carbons (Fsp3) is 0.188. The van der Waals surface area contributed by atoms with Crippen molar-refractivity contribution >= 4 is 15.9 Å². The zero-order chi connectivity index (χ0) is 14.4. The molecule has 0 fully saturated rings. The molecule has 2 aromatic rings. The monoisotopic (exact) mass is 331 g/mol. The standard InChI is InChI=1S/C16H14BrNO2/c1-2-7-19-14-3-5-15(6-4-14)20-16-9-12(11-18)8-13(17)10-16/h3-6,8-10H,2,7H2,1H3. The largest absolute Gasteiger partial charge is 0.494 e. The molecule has 20 heavy (non-hydrogen) atoms. The highest BCUT2D eigenvalue weighted by atomic mass is 79.9. The number of rotatable bonds is 5. The molecule has 0 bridgehead atoms. The van der Waals surface area contributed by atoms with Gasteiger partial charge in [-0.15, -0.1) is 0 Å². The van der Waals surface area contributed by atoms with Crippen molar-refractivity contribution in [1.29, 1.82) is 5.26 Å². The number of hydrogen-bond donors (Lipinski definition) is 0. The molecule has 0 aromatic heterocycles. The Morgan fingerprint density at radius 1 is 1.05 bits per heavy atom. The van der Waals surface area contributed by atoms with Gasteiger partial charge in [0.1, 0.15) is 17.2 Å². The number of benzene rings is 2. The summed E-state index contributed by atoms with van der Waals surface area (Å²) in [6, 6.07) is 14.8. The number of nitriles is 1. The Bertz CT molecular complexity index is 617. The first kappa shape index (κ1) is 14.4. The van der Waals surface area contributed by atoms with Gasteiger partial charge in [-0.3, -0.25) is 0 Å². The predicted octanol–water partition coefficient (Wildman–Crippen LogP) is 4.90. The second-order valence-electron chi connectivity index (χ2n) is 4.21. The number of hydrogen-bond acceptors (Lipinski definition) is 3. The first-order valence-electron chi connectivity index (χ1n) is 6.32. The minimum Gasteiger partial charge on any atom is -0.494 e. The van der Waals surface area contributed by atoms with E-state index in [0.29, 0.717) is 23.7 Å². The van der Waals surface area contributed by atoms with E-state index in [-0.39, 0.29) is 0 Å². The summed E-state index contributed by atoms with van der Waals surface area (Å²) >= 11 is 3.36. The van der Waals surface area contributed by atoms with Crippen LogP contribution in [0.3, 0.4) is 0 Å². The lowest BCUT2D eigenvalue weighted by Gasteiger charge is -2.08. The first-order chi connectivity index (χ1) is 9.71. The Labute approximate surface area is 126 Å². The van der Waals surface area contributed by atoms with Crippen LogP contribution in [-0.4, -0.2) is 6.61 Å². The molecule has 2 rings (SSSR count). The molecule has 0 aliphatic heterocycles. The van der Waals surface area contributed by atoms with Gasteiger partial charge in [0.05, 0.1) is 18.2 Å². The van der Waals surface area contributed by atoms with E-state index >= 15 is 0 Å². The normalized spacial score (nSPS) is 9.85. The molecule has 0 atom stereocenters. The molecular weight excluding hydrogens is 318 g/mol. The number of halogens is 1. The Balaban J connectivity index is 2.10. The molecule has 0 amide bonds. The molecule has 102 valence electrons. The molecule has 2 aromatic carbocycles. The van der Waals surface area contributed by atoms with Crippen LogP contribution in [0.25, 0.3) is 0 Å². The van der Waals surface area contributed by atoms with Crippen LogP contribution >= 0.6 is 15.9 Å². The van der Waals surface area contributed by atoms with Crippen LogP contribution in [0, 0.1) is 11.3 Å². The van der Waals surface area contributed by atoms with Crippen LogP contribution in [0.15, 0.2) is 46.9 Å². The Kier molecular flexibility index (Phi) is 5.03. The zero-order valence-corrected chi connectivity index (χ0v) is 12.7. The summed E-state index contributed by atoms with van der Waals surface area (Å²) < 4.78 is 12.0. The molecule has 0 unspecified atom stereocenters. The molecule has 0 radical (unpaired) electrons. The molecule has 0 saturated heterocycles. The fourth-order valence-electron chi connectivity index (χ4n) is 1.65. The third-order valence-corrected chi connectivity index (χ3v) is 2.99. The van der Waals surface area contributed by atoms with Crippen molar-refractivity contribution in [2.24, 2.45) is 0 Å². The lowest BCUT2D eigenvalue weighted by Crippen LogP contribution is -1.94. The Hall–Kier alpha value is -1.99. The molecule has 0 N–H and O–H groups in total. The smallest absolute Gasteiger partial charge is 0.129 e. The number of nitrogens with zero attached hydrogens (tertiary/aromatic N) is 1. The highest BCUT2D eigenvalue weighted by molar-refractivity contribution is 9.10. The van der Waals surface area contributed by atoms with Gasteiger partial charge in [-0.25, -0.2) is 0 Å². The highest BCUT2D eigenvalue weighted by Crippen LogP contribution is 2.27. The van der Waals surface area contributed by atoms with Gasteiger partial charge < -0.3 is 9.47 Å². The van der Waals surface area contributed by atoms with Crippen LogP contribution in [0.2, 0.25) is 0 Å². The van der Waals surface area contributed by atoms with E-state index in [9.17, 15) is 0 Å². The van der Waals surface area contributed by atoms with Crippen molar-refractivity contribution in [3.05, 3.63) is 52.5 Å². The van der Waals surface area contributed by atoms with E-state index in [1.807, 2.05) is 30.3 Å². The zero-order valence-electron chi connectivity index (χ0n) is 11.1. The Morgan fingerprint density at radius 2 is 1.75 bits per heavy atom. The summed E-state index contributed by atoms with van der Waals surface area (Å²) in [6.07, 6.45) is 0.979. The second kappa shape index (κ2) is 6.97. The van der Waals surface area contributed by atoms with Gasteiger partial charge in [0.25, 0.3) is 0 Å². The third-order valence-electron chi connectivity index (χ3n) is 2.53. The van der Waals surface area contributed by atoms with Gasteiger partial charge in [-0.2, -0.15) is 5.26 Å². The molecule has 0 saturated carbocycles. The third kappa shape index (κ3) is 4.01. The lowest BCUT2D eigenvalue weighted by molar-refractivity contribution is 0.317.